The Kier molecular flexibility index (Phi) is 7.06. The maximum Gasteiger partial charge on any atom is 0.0992 e. The molecule has 1 atom stereocenters. The molecule has 2 N–H and O–H groups in total. The van der Waals surface area contributed by atoms with E-state index < -0.39 is 5.60 Å². The summed E-state index contributed by atoms with van der Waals surface area (Å²) in [6, 6.07) is 9.76. The standard InChI is InChI=1S/C16H27NO2/c1-14(2)12-19-11-7-10-17-13-16(3,18)15-8-5-4-6-9-15/h4-6,8-9,14,17-18H,7,10-13H2,1-3H3. The van der Waals surface area contributed by atoms with Crippen molar-refractivity contribution in [2.75, 3.05) is 26.3 Å². The molecule has 0 aliphatic rings. The first kappa shape index (κ1) is 16.2. The van der Waals surface area contributed by atoms with Crippen LogP contribution in [0.15, 0.2) is 30.3 Å². The molecule has 1 aromatic rings. The number of nitrogens with one attached hydrogen (secondary N) is 1. The summed E-state index contributed by atoms with van der Waals surface area (Å²) in [5.74, 6) is 0.590. The second-order valence-corrected chi connectivity index (χ2v) is 5.64. The summed E-state index contributed by atoms with van der Waals surface area (Å²) in [7, 11) is 0. The van der Waals surface area contributed by atoms with Gasteiger partial charge in [0.25, 0.3) is 0 Å². The number of hydrogen-bond donors (Lipinski definition) is 2. The lowest BCUT2D eigenvalue weighted by Crippen LogP contribution is -2.36. The highest BCUT2D eigenvalue weighted by Crippen LogP contribution is 2.18. The molecule has 3 nitrogen and oxygen atoms in total. The van der Waals surface area contributed by atoms with Gasteiger partial charge in [-0.1, -0.05) is 44.2 Å². The number of benzene rings is 1. The molecule has 0 radical (unpaired) electrons. The first-order chi connectivity index (χ1) is 9.02. The molecule has 0 spiro atoms. The Morgan fingerprint density at radius 2 is 1.95 bits per heavy atom. The molecular formula is C16H27NO2. The second kappa shape index (κ2) is 8.31. The molecule has 1 unspecified atom stereocenters. The average molecular weight is 265 g/mol. The highest BCUT2D eigenvalue weighted by atomic mass is 16.5. The SMILES string of the molecule is CC(C)COCCCNCC(C)(O)c1ccccc1. The summed E-state index contributed by atoms with van der Waals surface area (Å²) in [4.78, 5) is 0. The fourth-order valence-corrected chi connectivity index (χ4v) is 1.85. The summed E-state index contributed by atoms with van der Waals surface area (Å²) in [6.45, 7) is 9.15. The summed E-state index contributed by atoms with van der Waals surface area (Å²) in [5, 5.41) is 13.6. The topological polar surface area (TPSA) is 41.5 Å². The van der Waals surface area contributed by atoms with E-state index in [1.165, 1.54) is 0 Å². The average Bonchev–Trinajstić information content (AvgIpc) is 2.38. The highest BCUT2D eigenvalue weighted by Gasteiger charge is 2.21. The van der Waals surface area contributed by atoms with E-state index in [4.69, 9.17) is 4.74 Å². The van der Waals surface area contributed by atoms with Crippen molar-refractivity contribution in [2.45, 2.75) is 32.8 Å². The molecule has 0 bridgehead atoms. The molecule has 0 heterocycles. The molecular weight excluding hydrogens is 238 g/mol. The first-order valence-corrected chi connectivity index (χ1v) is 7.09. The molecule has 0 aliphatic carbocycles. The maximum absolute atomic E-state index is 10.4. The fraction of sp³-hybridized carbons (Fsp3) is 0.625. The summed E-state index contributed by atoms with van der Waals surface area (Å²) >= 11 is 0. The zero-order chi connectivity index (χ0) is 14.1. The Hall–Kier alpha value is -0.900. The van der Waals surface area contributed by atoms with Crippen LogP contribution < -0.4 is 5.32 Å². The molecule has 1 aromatic carbocycles. The van der Waals surface area contributed by atoms with Gasteiger partial charge in [-0.3, -0.25) is 0 Å². The van der Waals surface area contributed by atoms with Crippen LogP contribution >= 0.6 is 0 Å². The first-order valence-electron chi connectivity index (χ1n) is 7.09. The summed E-state index contributed by atoms with van der Waals surface area (Å²) in [6.07, 6.45) is 0.970. The lowest BCUT2D eigenvalue weighted by molar-refractivity contribution is 0.0554. The van der Waals surface area contributed by atoms with Gasteiger partial charge in [-0.05, 0) is 31.4 Å². The normalized spacial score (nSPS) is 14.6. The van der Waals surface area contributed by atoms with Crippen molar-refractivity contribution in [3.05, 3.63) is 35.9 Å². The van der Waals surface area contributed by atoms with E-state index in [0.717, 1.165) is 31.7 Å². The number of ether oxygens (including phenoxy) is 1. The predicted octanol–water partition coefficient (Wildman–Crippen LogP) is 2.55. The fourth-order valence-electron chi connectivity index (χ4n) is 1.85. The molecule has 0 saturated carbocycles. The summed E-state index contributed by atoms with van der Waals surface area (Å²) < 4.78 is 5.51. The molecule has 0 aromatic heterocycles. The van der Waals surface area contributed by atoms with Crippen LogP contribution in [0.25, 0.3) is 0 Å². The van der Waals surface area contributed by atoms with Crippen molar-refractivity contribution in [1.29, 1.82) is 0 Å². The minimum atomic E-state index is -0.819. The molecule has 0 saturated heterocycles. The van der Waals surface area contributed by atoms with Gasteiger partial charge in [0, 0.05) is 19.8 Å². The van der Waals surface area contributed by atoms with Crippen LogP contribution in [0.5, 0.6) is 0 Å². The predicted molar refractivity (Wildman–Crippen MR) is 79.2 cm³/mol. The lowest BCUT2D eigenvalue weighted by Gasteiger charge is -2.24. The Balaban J connectivity index is 2.15. The van der Waals surface area contributed by atoms with E-state index in [2.05, 4.69) is 19.2 Å². The van der Waals surface area contributed by atoms with E-state index in [9.17, 15) is 5.11 Å². The van der Waals surface area contributed by atoms with E-state index in [0.29, 0.717) is 12.5 Å². The van der Waals surface area contributed by atoms with Crippen molar-refractivity contribution in [2.24, 2.45) is 5.92 Å². The quantitative estimate of drug-likeness (QED) is 0.674. The number of aliphatic hydroxyl groups is 1. The Morgan fingerprint density at radius 1 is 1.26 bits per heavy atom. The van der Waals surface area contributed by atoms with Crippen LogP contribution in [0.1, 0.15) is 32.8 Å². The molecule has 1 rings (SSSR count). The zero-order valence-corrected chi connectivity index (χ0v) is 12.4. The molecule has 0 aliphatic heterocycles. The third-order valence-electron chi connectivity index (χ3n) is 2.96. The zero-order valence-electron chi connectivity index (χ0n) is 12.4. The molecule has 0 amide bonds. The molecule has 0 fully saturated rings. The van der Waals surface area contributed by atoms with Crippen molar-refractivity contribution in [3.63, 3.8) is 0 Å². The van der Waals surface area contributed by atoms with Crippen LogP contribution in [0.4, 0.5) is 0 Å². The van der Waals surface area contributed by atoms with Crippen LogP contribution in [0, 0.1) is 5.92 Å². The van der Waals surface area contributed by atoms with Crippen LogP contribution in [-0.4, -0.2) is 31.4 Å². The monoisotopic (exact) mass is 265 g/mol. The van der Waals surface area contributed by atoms with E-state index >= 15 is 0 Å². The van der Waals surface area contributed by atoms with Crippen LogP contribution in [0.3, 0.4) is 0 Å². The van der Waals surface area contributed by atoms with Gasteiger partial charge in [-0.15, -0.1) is 0 Å². The molecule has 3 heteroatoms. The summed E-state index contributed by atoms with van der Waals surface area (Å²) in [5.41, 5.74) is 0.124. The smallest absolute Gasteiger partial charge is 0.0992 e. The maximum atomic E-state index is 10.4. The van der Waals surface area contributed by atoms with Gasteiger partial charge >= 0.3 is 0 Å². The van der Waals surface area contributed by atoms with Gasteiger partial charge in [0.05, 0.1) is 5.60 Å². The largest absolute Gasteiger partial charge is 0.384 e. The van der Waals surface area contributed by atoms with Gasteiger partial charge in [0.15, 0.2) is 0 Å². The third-order valence-corrected chi connectivity index (χ3v) is 2.96. The number of rotatable bonds is 9. The van der Waals surface area contributed by atoms with Gasteiger partial charge in [-0.2, -0.15) is 0 Å². The third kappa shape index (κ3) is 6.71. The van der Waals surface area contributed by atoms with E-state index in [1.807, 2.05) is 37.3 Å². The van der Waals surface area contributed by atoms with Gasteiger partial charge in [0.1, 0.15) is 0 Å². The van der Waals surface area contributed by atoms with Crippen molar-refractivity contribution < 1.29 is 9.84 Å². The van der Waals surface area contributed by atoms with Gasteiger partial charge in [0.2, 0.25) is 0 Å². The minimum Gasteiger partial charge on any atom is -0.384 e. The second-order valence-electron chi connectivity index (χ2n) is 5.64. The van der Waals surface area contributed by atoms with E-state index in [-0.39, 0.29) is 0 Å². The van der Waals surface area contributed by atoms with Gasteiger partial charge < -0.3 is 15.2 Å². The van der Waals surface area contributed by atoms with Gasteiger partial charge in [-0.25, -0.2) is 0 Å². The van der Waals surface area contributed by atoms with Crippen molar-refractivity contribution in [1.82, 2.24) is 5.32 Å². The highest BCUT2D eigenvalue weighted by molar-refractivity contribution is 5.21. The van der Waals surface area contributed by atoms with Crippen molar-refractivity contribution in [3.8, 4) is 0 Å². The molecule has 19 heavy (non-hydrogen) atoms. The van der Waals surface area contributed by atoms with E-state index in [1.54, 1.807) is 0 Å². The lowest BCUT2D eigenvalue weighted by atomic mass is 9.96. The Morgan fingerprint density at radius 3 is 2.58 bits per heavy atom. The van der Waals surface area contributed by atoms with Crippen LogP contribution in [0.2, 0.25) is 0 Å². The van der Waals surface area contributed by atoms with Crippen molar-refractivity contribution >= 4 is 0 Å². The Labute approximate surface area is 117 Å². The number of hydrogen-bond acceptors (Lipinski definition) is 3. The Bertz CT molecular complexity index is 336. The van der Waals surface area contributed by atoms with Crippen LogP contribution in [-0.2, 0) is 10.3 Å². The minimum absolute atomic E-state index is 0.557. The molecule has 108 valence electrons.